The first kappa shape index (κ1) is 10.5. The van der Waals surface area contributed by atoms with Gasteiger partial charge in [0, 0.05) is 12.2 Å². The summed E-state index contributed by atoms with van der Waals surface area (Å²) >= 11 is 0. The SMILES string of the molecule is C=CCCNc1c(F)cc(N)cc1F. The molecular weight excluding hydrogens is 186 g/mol. The van der Waals surface area contributed by atoms with E-state index in [-0.39, 0.29) is 11.4 Å². The second-order valence-corrected chi connectivity index (χ2v) is 2.86. The molecule has 0 unspecified atom stereocenters. The van der Waals surface area contributed by atoms with Crippen LogP contribution in [0.3, 0.4) is 0 Å². The average molecular weight is 198 g/mol. The van der Waals surface area contributed by atoms with Gasteiger partial charge in [-0.15, -0.1) is 6.58 Å². The summed E-state index contributed by atoms with van der Waals surface area (Å²) < 4.78 is 26.3. The van der Waals surface area contributed by atoms with E-state index in [1.54, 1.807) is 6.08 Å². The number of rotatable bonds is 4. The van der Waals surface area contributed by atoms with Gasteiger partial charge in [0.15, 0.2) is 11.6 Å². The Balaban J connectivity index is 2.80. The normalized spacial score (nSPS) is 9.86. The standard InChI is InChI=1S/C10H12F2N2/c1-2-3-4-14-10-8(11)5-7(13)6-9(10)12/h2,5-6,14H,1,3-4,13H2. The number of nitrogens with two attached hydrogens (primary N) is 1. The monoisotopic (exact) mass is 198 g/mol. The zero-order valence-electron chi connectivity index (χ0n) is 7.69. The van der Waals surface area contributed by atoms with E-state index in [1.165, 1.54) is 0 Å². The minimum atomic E-state index is -0.674. The fraction of sp³-hybridized carbons (Fsp3) is 0.200. The van der Waals surface area contributed by atoms with Crippen molar-refractivity contribution in [1.82, 2.24) is 0 Å². The molecule has 4 heteroatoms. The van der Waals surface area contributed by atoms with Gasteiger partial charge in [-0.1, -0.05) is 6.08 Å². The third-order valence-corrected chi connectivity index (χ3v) is 1.71. The molecule has 0 spiro atoms. The highest BCUT2D eigenvalue weighted by atomic mass is 19.1. The molecule has 2 nitrogen and oxygen atoms in total. The highest BCUT2D eigenvalue weighted by molar-refractivity contribution is 5.53. The van der Waals surface area contributed by atoms with Crippen LogP contribution in [0.2, 0.25) is 0 Å². The molecule has 3 N–H and O–H groups in total. The van der Waals surface area contributed by atoms with Crippen LogP contribution in [0, 0.1) is 11.6 Å². The lowest BCUT2D eigenvalue weighted by atomic mass is 10.2. The highest BCUT2D eigenvalue weighted by Gasteiger charge is 2.08. The zero-order valence-corrected chi connectivity index (χ0v) is 7.69. The smallest absolute Gasteiger partial charge is 0.151 e. The summed E-state index contributed by atoms with van der Waals surface area (Å²) in [5.74, 6) is -1.35. The number of anilines is 2. The second kappa shape index (κ2) is 4.60. The first-order chi connectivity index (χ1) is 6.65. The van der Waals surface area contributed by atoms with Crippen molar-refractivity contribution >= 4 is 11.4 Å². The average Bonchev–Trinajstić information content (AvgIpc) is 2.09. The molecule has 0 aliphatic carbocycles. The number of benzene rings is 1. The summed E-state index contributed by atoms with van der Waals surface area (Å²) in [6.45, 7) is 3.95. The molecule has 0 aliphatic heterocycles. The Morgan fingerprint density at radius 3 is 2.43 bits per heavy atom. The van der Waals surface area contributed by atoms with Crippen LogP contribution in [0.25, 0.3) is 0 Å². The summed E-state index contributed by atoms with van der Waals surface area (Å²) in [6, 6.07) is 2.17. The Hall–Kier alpha value is -1.58. The number of nitrogens with one attached hydrogen (secondary N) is 1. The van der Waals surface area contributed by atoms with Crippen LogP contribution >= 0.6 is 0 Å². The second-order valence-electron chi connectivity index (χ2n) is 2.86. The maximum atomic E-state index is 13.1. The highest BCUT2D eigenvalue weighted by Crippen LogP contribution is 2.21. The van der Waals surface area contributed by atoms with Crippen LogP contribution < -0.4 is 11.1 Å². The predicted octanol–water partition coefficient (Wildman–Crippen LogP) is 2.54. The van der Waals surface area contributed by atoms with E-state index in [9.17, 15) is 8.78 Å². The quantitative estimate of drug-likeness (QED) is 0.443. The Morgan fingerprint density at radius 1 is 1.36 bits per heavy atom. The van der Waals surface area contributed by atoms with Crippen LogP contribution in [0.1, 0.15) is 6.42 Å². The topological polar surface area (TPSA) is 38.0 Å². The van der Waals surface area contributed by atoms with Crippen molar-refractivity contribution in [3.05, 3.63) is 36.4 Å². The lowest BCUT2D eigenvalue weighted by Crippen LogP contribution is -2.05. The van der Waals surface area contributed by atoms with Gasteiger partial charge in [0.1, 0.15) is 5.69 Å². The largest absolute Gasteiger partial charge is 0.399 e. The molecule has 1 aromatic carbocycles. The van der Waals surface area contributed by atoms with Gasteiger partial charge < -0.3 is 11.1 Å². The first-order valence-corrected chi connectivity index (χ1v) is 4.24. The molecule has 14 heavy (non-hydrogen) atoms. The van der Waals surface area contributed by atoms with E-state index in [2.05, 4.69) is 11.9 Å². The number of nitrogen functional groups attached to an aromatic ring is 1. The molecule has 0 amide bonds. The number of hydrogen-bond donors (Lipinski definition) is 2. The summed E-state index contributed by atoms with van der Waals surface area (Å²) in [4.78, 5) is 0. The van der Waals surface area contributed by atoms with Gasteiger partial charge in [-0.05, 0) is 18.6 Å². The Bertz CT molecular complexity index is 314. The lowest BCUT2D eigenvalue weighted by Gasteiger charge is -2.07. The van der Waals surface area contributed by atoms with E-state index in [4.69, 9.17) is 5.73 Å². The molecular formula is C10H12F2N2. The van der Waals surface area contributed by atoms with Crippen LogP contribution in [-0.4, -0.2) is 6.54 Å². The Kier molecular flexibility index (Phi) is 3.45. The molecule has 0 aliphatic rings. The maximum absolute atomic E-state index is 13.1. The maximum Gasteiger partial charge on any atom is 0.151 e. The van der Waals surface area contributed by atoms with Crippen LogP contribution in [0.5, 0.6) is 0 Å². The van der Waals surface area contributed by atoms with Crippen molar-refractivity contribution in [3.63, 3.8) is 0 Å². The predicted molar refractivity (Wildman–Crippen MR) is 54.1 cm³/mol. The molecule has 0 atom stereocenters. The van der Waals surface area contributed by atoms with Crippen LogP contribution in [0.4, 0.5) is 20.2 Å². The molecule has 76 valence electrons. The zero-order chi connectivity index (χ0) is 10.6. The van der Waals surface area contributed by atoms with Crippen LogP contribution in [-0.2, 0) is 0 Å². The van der Waals surface area contributed by atoms with Gasteiger partial charge in [0.2, 0.25) is 0 Å². The molecule has 0 saturated heterocycles. The molecule has 0 radical (unpaired) electrons. The Labute approximate surface area is 81.4 Å². The number of hydrogen-bond acceptors (Lipinski definition) is 2. The molecule has 1 aromatic rings. The molecule has 0 heterocycles. The van der Waals surface area contributed by atoms with E-state index in [0.717, 1.165) is 12.1 Å². The van der Waals surface area contributed by atoms with E-state index >= 15 is 0 Å². The van der Waals surface area contributed by atoms with Crippen molar-refractivity contribution in [2.24, 2.45) is 0 Å². The van der Waals surface area contributed by atoms with Crippen molar-refractivity contribution in [2.45, 2.75) is 6.42 Å². The minimum absolute atomic E-state index is 0.0780. The summed E-state index contributed by atoms with van der Waals surface area (Å²) in [5, 5.41) is 2.63. The van der Waals surface area contributed by atoms with Gasteiger partial charge >= 0.3 is 0 Å². The molecule has 0 saturated carbocycles. The van der Waals surface area contributed by atoms with Gasteiger partial charge in [-0.2, -0.15) is 0 Å². The van der Waals surface area contributed by atoms with Crippen molar-refractivity contribution < 1.29 is 8.78 Å². The Morgan fingerprint density at radius 2 is 1.93 bits per heavy atom. The van der Waals surface area contributed by atoms with E-state index in [0.29, 0.717) is 13.0 Å². The van der Waals surface area contributed by atoms with Gasteiger partial charge in [0.25, 0.3) is 0 Å². The van der Waals surface area contributed by atoms with Crippen LogP contribution in [0.15, 0.2) is 24.8 Å². The van der Waals surface area contributed by atoms with Crippen molar-refractivity contribution in [1.29, 1.82) is 0 Å². The van der Waals surface area contributed by atoms with E-state index in [1.807, 2.05) is 0 Å². The molecule has 0 fully saturated rings. The van der Waals surface area contributed by atoms with Gasteiger partial charge in [0.05, 0.1) is 0 Å². The lowest BCUT2D eigenvalue weighted by molar-refractivity contribution is 0.589. The molecule has 1 rings (SSSR count). The van der Waals surface area contributed by atoms with E-state index < -0.39 is 11.6 Å². The summed E-state index contributed by atoms with van der Waals surface area (Å²) in [7, 11) is 0. The van der Waals surface area contributed by atoms with Gasteiger partial charge in [-0.25, -0.2) is 8.78 Å². The third kappa shape index (κ3) is 2.45. The summed E-state index contributed by atoms with van der Waals surface area (Å²) in [5.41, 5.74) is 5.20. The van der Waals surface area contributed by atoms with Crippen molar-refractivity contribution in [2.75, 3.05) is 17.6 Å². The third-order valence-electron chi connectivity index (χ3n) is 1.71. The molecule has 0 aromatic heterocycles. The van der Waals surface area contributed by atoms with Crippen molar-refractivity contribution in [3.8, 4) is 0 Å². The summed E-state index contributed by atoms with van der Waals surface area (Å²) in [6.07, 6.45) is 2.31. The fourth-order valence-corrected chi connectivity index (χ4v) is 1.06. The number of halogens is 2. The van der Waals surface area contributed by atoms with Gasteiger partial charge in [-0.3, -0.25) is 0 Å². The first-order valence-electron chi connectivity index (χ1n) is 4.24. The minimum Gasteiger partial charge on any atom is -0.399 e. The molecule has 0 bridgehead atoms. The fourth-order valence-electron chi connectivity index (χ4n) is 1.06.